The molecule has 1 aliphatic heterocycles. The van der Waals surface area contributed by atoms with Gasteiger partial charge in [0.1, 0.15) is 6.10 Å². The SMILES string of the molecule is C=CC1CC2(CCCCC2)C(=O)O1. The van der Waals surface area contributed by atoms with E-state index in [4.69, 9.17) is 4.74 Å². The topological polar surface area (TPSA) is 26.3 Å². The molecule has 1 spiro atoms. The van der Waals surface area contributed by atoms with Crippen LogP contribution < -0.4 is 0 Å². The van der Waals surface area contributed by atoms with Crippen molar-refractivity contribution in [3.8, 4) is 0 Å². The highest BCUT2D eigenvalue weighted by Gasteiger charge is 2.48. The van der Waals surface area contributed by atoms with Gasteiger partial charge < -0.3 is 4.74 Å². The molecular weight excluding hydrogens is 164 g/mol. The van der Waals surface area contributed by atoms with E-state index in [0.717, 1.165) is 19.3 Å². The van der Waals surface area contributed by atoms with E-state index in [-0.39, 0.29) is 17.5 Å². The molecule has 0 aromatic heterocycles. The summed E-state index contributed by atoms with van der Waals surface area (Å²) in [5.74, 6) is 0.0251. The summed E-state index contributed by atoms with van der Waals surface area (Å²) >= 11 is 0. The Bertz CT molecular complexity index is 226. The lowest BCUT2D eigenvalue weighted by molar-refractivity contribution is -0.149. The van der Waals surface area contributed by atoms with Crippen LogP contribution in [0.15, 0.2) is 12.7 Å². The van der Waals surface area contributed by atoms with Crippen LogP contribution in [0.25, 0.3) is 0 Å². The smallest absolute Gasteiger partial charge is 0.312 e. The largest absolute Gasteiger partial charge is 0.458 e. The van der Waals surface area contributed by atoms with E-state index in [9.17, 15) is 4.79 Å². The zero-order chi connectivity index (χ0) is 9.31. The number of hydrogen-bond donors (Lipinski definition) is 0. The van der Waals surface area contributed by atoms with Crippen molar-refractivity contribution in [3.05, 3.63) is 12.7 Å². The van der Waals surface area contributed by atoms with Gasteiger partial charge in [-0.2, -0.15) is 0 Å². The zero-order valence-corrected chi connectivity index (χ0v) is 7.92. The van der Waals surface area contributed by atoms with E-state index in [1.807, 2.05) is 0 Å². The summed E-state index contributed by atoms with van der Waals surface area (Å²) in [6.45, 7) is 3.68. The van der Waals surface area contributed by atoms with Crippen molar-refractivity contribution in [2.75, 3.05) is 0 Å². The second kappa shape index (κ2) is 3.17. The average Bonchev–Trinajstić information content (AvgIpc) is 2.45. The molecule has 1 heterocycles. The minimum absolute atomic E-state index is 0.0226. The maximum atomic E-state index is 11.7. The zero-order valence-electron chi connectivity index (χ0n) is 7.92. The summed E-state index contributed by atoms with van der Waals surface area (Å²) in [6, 6.07) is 0. The molecule has 2 aliphatic rings. The van der Waals surface area contributed by atoms with E-state index in [1.165, 1.54) is 19.3 Å². The van der Waals surface area contributed by atoms with Gasteiger partial charge in [0.25, 0.3) is 0 Å². The lowest BCUT2D eigenvalue weighted by Crippen LogP contribution is -2.28. The molecule has 2 nitrogen and oxygen atoms in total. The van der Waals surface area contributed by atoms with Crippen molar-refractivity contribution < 1.29 is 9.53 Å². The third-order valence-electron chi connectivity index (χ3n) is 3.36. The lowest BCUT2D eigenvalue weighted by atomic mass is 9.72. The molecule has 1 unspecified atom stereocenters. The van der Waals surface area contributed by atoms with Gasteiger partial charge in [0.15, 0.2) is 0 Å². The summed E-state index contributed by atoms with van der Waals surface area (Å²) in [5.41, 5.74) is -0.128. The Hall–Kier alpha value is -0.790. The van der Waals surface area contributed by atoms with Crippen molar-refractivity contribution in [3.63, 3.8) is 0 Å². The molecule has 0 aromatic carbocycles. The maximum absolute atomic E-state index is 11.7. The maximum Gasteiger partial charge on any atom is 0.312 e. The fourth-order valence-corrected chi connectivity index (χ4v) is 2.54. The highest BCUT2D eigenvalue weighted by molar-refractivity contribution is 5.79. The first-order valence-corrected chi connectivity index (χ1v) is 5.10. The Kier molecular flexibility index (Phi) is 2.14. The van der Waals surface area contributed by atoms with E-state index in [2.05, 4.69) is 6.58 Å². The van der Waals surface area contributed by atoms with Crippen LogP contribution in [0.2, 0.25) is 0 Å². The van der Waals surface area contributed by atoms with E-state index >= 15 is 0 Å². The van der Waals surface area contributed by atoms with Crippen molar-refractivity contribution >= 4 is 5.97 Å². The van der Waals surface area contributed by atoms with Crippen LogP contribution in [0.5, 0.6) is 0 Å². The quantitative estimate of drug-likeness (QED) is 0.457. The number of hydrogen-bond acceptors (Lipinski definition) is 2. The molecule has 1 aliphatic carbocycles. The summed E-state index contributed by atoms with van der Waals surface area (Å²) in [6.07, 6.45) is 8.28. The third kappa shape index (κ3) is 1.38. The predicted molar refractivity (Wildman–Crippen MR) is 50.2 cm³/mol. The molecule has 2 rings (SSSR count). The van der Waals surface area contributed by atoms with E-state index < -0.39 is 0 Å². The number of carbonyl (C=O) groups is 1. The molecule has 0 aromatic rings. The van der Waals surface area contributed by atoms with Crippen LogP contribution in [-0.4, -0.2) is 12.1 Å². The van der Waals surface area contributed by atoms with Crippen molar-refractivity contribution in [1.82, 2.24) is 0 Å². The first kappa shape index (κ1) is 8.79. The fourth-order valence-electron chi connectivity index (χ4n) is 2.54. The van der Waals surface area contributed by atoms with Gasteiger partial charge in [-0.15, -0.1) is 0 Å². The first-order valence-electron chi connectivity index (χ1n) is 5.10. The minimum atomic E-state index is -0.128. The number of cyclic esters (lactones) is 1. The monoisotopic (exact) mass is 180 g/mol. The second-order valence-electron chi connectivity index (χ2n) is 4.22. The Morgan fingerprint density at radius 1 is 1.38 bits per heavy atom. The average molecular weight is 180 g/mol. The Morgan fingerprint density at radius 2 is 2.08 bits per heavy atom. The van der Waals surface area contributed by atoms with Crippen LogP contribution in [0.4, 0.5) is 0 Å². The van der Waals surface area contributed by atoms with Gasteiger partial charge in [0.05, 0.1) is 5.41 Å². The molecule has 1 atom stereocenters. The van der Waals surface area contributed by atoms with Crippen molar-refractivity contribution in [2.24, 2.45) is 5.41 Å². The van der Waals surface area contributed by atoms with Gasteiger partial charge in [-0.25, -0.2) is 0 Å². The summed E-state index contributed by atoms with van der Waals surface area (Å²) < 4.78 is 5.25. The standard InChI is InChI=1S/C11H16O2/c1-2-9-8-11(10(12)13-9)6-4-3-5-7-11/h2,9H,1,3-8H2. The van der Waals surface area contributed by atoms with Crippen molar-refractivity contribution in [2.45, 2.75) is 44.6 Å². The van der Waals surface area contributed by atoms with Crippen LogP contribution in [0.3, 0.4) is 0 Å². The van der Waals surface area contributed by atoms with Gasteiger partial charge >= 0.3 is 5.97 Å². The third-order valence-corrected chi connectivity index (χ3v) is 3.36. The van der Waals surface area contributed by atoms with E-state index in [1.54, 1.807) is 6.08 Å². The molecule has 1 saturated heterocycles. The molecule has 0 bridgehead atoms. The fraction of sp³-hybridized carbons (Fsp3) is 0.727. The Morgan fingerprint density at radius 3 is 2.62 bits per heavy atom. The summed E-state index contributed by atoms with van der Waals surface area (Å²) in [5, 5.41) is 0. The molecule has 1 saturated carbocycles. The predicted octanol–water partition coefficient (Wildman–Crippen LogP) is 2.44. The van der Waals surface area contributed by atoms with Crippen LogP contribution in [0, 0.1) is 5.41 Å². The van der Waals surface area contributed by atoms with E-state index in [0.29, 0.717) is 0 Å². The molecular formula is C11H16O2. The van der Waals surface area contributed by atoms with Gasteiger partial charge in [-0.05, 0) is 12.8 Å². The van der Waals surface area contributed by atoms with Gasteiger partial charge in [-0.3, -0.25) is 4.79 Å². The highest BCUT2D eigenvalue weighted by atomic mass is 16.6. The van der Waals surface area contributed by atoms with Crippen molar-refractivity contribution in [1.29, 1.82) is 0 Å². The lowest BCUT2D eigenvalue weighted by Gasteiger charge is -2.28. The summed E-state index contributed by atoms with van der Waals surface area (Å²) in [4.78, 5) is 11.7. The molecule has 0 radical (unpaired) electrons. The Labute approximate surface area is 79.0 Å². The van der Waals surface area contributed by atoms with Gasteiger partial charge in [0.2, 0.25) is 0 Å². The minimum Gasteiger partial charge on any atom is -0.458 e. The molecule has 13 heavy (non-hydrogen) atoms. The van der Waals surface area contributed by atoms with Crippen LogP contribution in [-0.2, 0) is 9.53 Å². The van der Waals surface area contributed by atoms with Gasteiger partial charge in [-0.1, -0.05) is 31.9 Å². The summed E-state index contributed by atoms with van der Waals surface area (Å²) in [7, 11) is 0. The Balaban J connectivity index is 2.13. The molecule has 0 N–H and O–H groups in total. The molecule has 2 fully saturated rings. The molecule has 0 amide bonds. The first-order chi connectivity index (χ1) is 6.27. The second-order valence-corrected chi connectivity index (χ2v) is 4.22. The number of rotatable bonds is 1. The normalized spacial score (nSPS) is 31.7. The molecule has 2 heteroatoms. The number of carbonyl (C=O) groups excluding carboxylic acids is 1. The highest BCUT2D eigenvalue weighted by Crippen LogP contribution is 2.46. The number of esters is 1. The van der Waals surface area contributed by atoms with Crippen LogP contribution in [0.1, 0.15) is 38.5 Å². The number of ether oxygens (including phenoxy) is 1. The molecule has 72 valence electrons. The van der Waals surface area contributed by atoms with Gasteiger partial charge in [0, 0.05) is 6.42 Å². The van der Waals surface area contributed by atoms with Crippen LogP contribution >= 0.6 is 0 Å².